The Morgan fingerprint density at radius 1 is 1.56 bits per heavy atom. The van der Waals surface area contributed by atoms with E-state index in [0.717, 1.165) is 0 Å². The lowest BCUT2D eigenvalue weighted by Gasteiger charge is -2.13. The van der Waals surface area contributed by atoms with E-state index in [9.17, 15) is 14.7 Å². The second-order valence-electron chi connectivity index (χ2n) is 3.63. The first-order chi connectivity index (χ1) is 7.61. The van der Waals surface area contributed by atoms with E-state index in [1.165, 1.54) is 16.8 Å². The zero-order valence-corrected chi connectivity index (χ0v) is 8.37. The second kappa shape index (κ2) is 4.20. The SMILES string of the molecule is O=c1cc[15n]([13C@H]2[13CH2][13C@H](O)[13C@@H]([13CH2]O)O2)c(=O)[15nH]1. The summed E-state index contributed by atoms with van der Waals surface area (Å²) >= 11 is 0. The molecule has 1 saturated heterocycles. The molecule has 1 aromatic rings. The number of aliphatic hydroxyl groups is 2. The Balaban J connectivity index is 2.27. The van der Waals surface area contributed by atoms with Gasteiger partial charge in [0.15, 0.2) is 0 Å². The summed E-state index contributed by atoms with van der Waals surface area (Å²) in [5.41, 5.74) is -1.08. The van der Waals surface area contributed by atoms with Crippen LogP contribution in [0.3, 0.4) is 0 Å². The Morgan fingerprint density at radius 2 is 2.31 bits per heavy atom. The van der Waals surface area contributed by atoms with Crippen molar-refractivity contribution in [2.24, 2.45) is 0 Å². The molecule has 1 fully saturated rings. The van der Waals surface area contributed by atoms with Crippen molar-refractivity contribution in [3.63, 3.8) is 0 Å². The van der Waals surface area contributed by atoms with E-state index in [1.807, 2.05) is 0 Å². The first kappa shape index (κ1) is 11.1. The van der Waals surface area contributed by atoms with Gasteiger partial charge in [-0.2, -0.15) is 0 Å². The Labute approximate surface area is 89.9 Å². The third-order valence-corrected chi connectivity index (χ3v) is 2.55. The normalized spacial score (nSPS) is 29.5. The summed E-state index contributed by atoms with van der Waals surface area (Å²) in [6, 6.07) is 1.20. The molecule has 0 saturated carbocycles. The van der Waals surface area contributed by atoms with Gasteiger partial charge in [-0.1, -0.05) is 0 Å². The fourth-order valence-corrected chi connectivity index (χ4v) is 1.70. The number of aromatic amines is 1. The third-order valence-electron chi connectivity index (χ3n) is 2.55. The number of H-pyrrole nitrogens is 1. The Bertz CT molecular complexity index is 479. The summed E-state index contributed by atoms with van der Waals surface area (Å²) in [6.07, 6.45) is -0.649. The van der Waals surface area contributed by atoms with Gasteiger partial charge in [0.25, 0.3) is 5.56 Å². The molecule has 2 heterocycles. The summed E-state index contributed by atoms with van der Waals surface area (Å²) in [5.74, 6) is 0. The number of hydrogen-bond donors (Lipinski definition) is 3. The summed E-state index contributed by atoms with van der Waals surface area (Å²) in [4.78, 5) is 24.3. The van der Waals surface area contributed by atoms with Crippen LogP contribution >= 0.6 is 0 Å². The zero-order chi connectivity index (χ0) is 11.7. The van der Waals surface area contributed by atoms with Gasteiger partial charge in [0.2, 0.25) is 0 Å². The lowest BCUT2D eigenvalue weighted by molar-refractivity contribution is -0.0459. The van der Waals surface area contributed by atoms with Crippen LogP contribution < -0.4 is 11.2 Å². The molecule has 7 nitrogen and oxygen atoms in total. The number of aromatic nitrogens is 2. The van der Waals surface area contributed by atoms with Crippen LogP contribution in [0.25, 0.3) is 0 Å². The number of ether oxygens (including phenoxy) is 1. The van der Waals surface area contributed by atoms with Crippen molar-refractivity contribution in [1.82, 2.24) is 9.55 Å². The van der Waals surface area contributed by atoms with Gasteiger partial charge in [0.1, 0.15) is 12.3 Å². The van der Waals surface area contributed by atoms with Crippen LogP contribution in [0.2, 0.25) is 0 Å². The van der Waals surface area contributed by atoms with Crippen molar-refractivity contribution in [3.05, 3.63) is 33.1 Å². The number of hydrogen-bond acceptors (Lipinski definition) is 5. The van der Waals surface area contributed by atoms with Crippen LogP contribution in [0, 0.1) is 0 Å². The minimum atomic E-state index is -0.811. The molecule has 3 atom stereocenters. The van der Waals surface area contributed by atoms with Crippen molar-refractivity contribution < 1.29 is 14.9 Å². The predicted molar refractivity (Wildman–Crippen MR) is 52.9 cm³/mol. The largest absolute Gasteiger partial charge is 0.394 e. The third kappa shape index (κ3) is 1.92. The van der Waals surface area contributed by atoms with Crippen LogP contribution in [-0.4, -0.2) is 38.6 Å². The molecule has 0 aromatic carbocycles. The Hall–Kier alpha value is -1.44. The summed E-state index contributed by atoms with van der Waals surface area (Å²) in [6.45, 7) is -0.310. The van der Waals surface area contributed by atoms with E-state index in [-0.39, 0.29) is 13.0 Å². The van der Waals surface area contributed by atoms with Gasteiger partial charge in [-0.3, -0.25) is 14.3 Å². The van der Waals surface area contributed by atoms with E-state index >= 15 is 0 Å². The Kier molecular flexibility index (Phi) is 2.90. The molecule has 0 amide bonds. The number of aliphatic hydroxyl groups excluding tert-OH is 2. The summed E-state index contributed by atoms with van der Waals surface area (Å²) < 4.78 is 6.45. The van der Waals surface area contributed by atoms with Crippen LogP contribution in [0.4, 0.5) is 0 Å². The fraction of sp³-hybridized carbons (Fsp3) is 0.556. The van der Waals surface area contributed by atoms with Crippen LogP contribution in [0.1, 0.15) is 12.6 Å². The Morgan fingerprint density at radius 3 is 2.88 bits per heavy atom. The molecule has 0 radical (unpaired) electrons. The maximum atomic E-state index is 11.4. The van der Waals surface area contributed by atoms with Crippen LogP contribution in [-0.2, 0) is 4.74 Å². The monoisotopic (exact) mass is 235 g/mol. The van der Waals surface area contributed by atoms with Gasteiger partial charge < -0.3 is 14.9 Å². The minimum Gasteiger partial charge on any atom is -0.394 e. The van der Waals surface area contributed by atoms with Gasteiger partial charge in [0, 0.05) is 18.7 Å². The molecule has 1 aliphatic rings. The van der Waals surface area contributed by atoms with Crippen molar-refractivity contribution in [2.75, 3.05) is 6.61 Å². The molecule has 1 aromatic heterocycles. The molecular weight excluding hydrogens is 223 g/mol. The second-order valence-corrected chi connectivity index (χ2v) is 3.63. The van der Waals surface area contributed by atoms with Gasteiger partial charge in [-0.25, -0.2) is 4.79 Å². The van der Waals surface area contributed by atoms with E-state index in [0.29, 0.717) is 0 Å². The highest BCUT2D eigenvalue weighted by Gasteiger charge is 2.34. The molecule has 0 bridgehead atoms. The molecule has 88 valence electrons. The van der Waals surface area contributed by atoms with Crippen LogP contribution in [0.5, 0.6) is 0 Å². The molecule has 7 heteroatoms. The van der Waals surface area contributed by atoms with Crippen molar-refractivity contribution in [1.29, 1.82) is 0 Å². The minimum absolute atomic E-state index is 0.206. The molecular formula is C9H12N2O5. The van der Waals surface area contributed by atoms with E-state index in [1.54, 1.807) is 0 Å². The molecule has 1 aliphatic heterocycles. The maximum Gasteiger partial charge on any atom is 0.330 e. The molecule has 0 spiro atoms. The first-order valence-electron chi connectivity index (χ1n) is 4.87. The molecule has 2 rings (SSSR count). The lowest BCUT2D eigenvalue weighted by Crippen LogP contribution is -2.31. The predicted octanol–water partition coefficient (Wildman–Crippen LogP) is -1.82. The number of rotatable bonds is 2. The summed E-state index contributed by atoms with van der Waals surface area (Å²) in [5, 5.41) is 18.4. The molecule has 0 aliphatic carbocycles. The van der Waals surface area contributed by atoms with Crippen LogP contribution in [0.15, 0.2) is 21.9 Å². The van der Waals surface area contributed by atoms with E-state index < -0.39 is 29.7 Å². The molecule has 0 unspecified atom stereocenters. The van der Waals surface area contributed by atoms with Crippen molar-refractivity contribution in [2.45, 2.75) is 24.9 Å². The number of nitrogens with zero attached hydrogens (tertiary/aromatic N) is 1. The smallest absolute Gasteiger partial charge is 0.330 e. The van der Waals surface area contributed by atoms with Crippen molar-refractivity contribution >= 4 is 0 Å². The van der Waals surface area contributed by atoms with Crippen molar-refractivity contribution in [3.8, 4) is 0 Å². The highest BCUT2D eigenvalue weighted by atomic mass is 16.8. The first-order valence-corrected chi connectivity index (χ1v) is 4.87. The highest BCUT2D eigenvalue weighted by Crippen LogP contribution is 2.26. The molecule has 3 N–H and O–H groups in total. The average molecular weight is 235 g/mol. The van der Waals surface area contributed by atoms with E-state index in [4.69, 9.17) is 9.84 Å². The number of nitrogens with one attached hydrogen (secondary N) is 1. The summed E-state index contributed by atoms with van der Waals surface area (Å²) in [7, 11) is 0. The maximum absolute atomic E-state index is 11.4. The van der Waals surface area contributed by atoms with Gasteiger partial charge >= 0.3 is 5.69 Å². The molecule has 16 heavy (non-hydrogen) atoms. The lowest BCUT2D eigenvalue weighted by atomic mass is 10.7. The van der Waals surface area contributed by atoms with Gasteiger partial charge in [-0.05, 0) is 0 Å². The van der Waals surface area contributed by atoms with E-state index in [2.05, 4.69) is 4.98 Å². The fourth-order valence-electron chi connectivity index (χ4n) is 1.70. The van der Waals surface area contributed by atoms with Gasteiger partial charge in [0.05, 0.1) is 12.7 Å². The zero-order valence-electron chi connectivity index (χ0n) is 8.37. The average Bonchev–Trinajstić information content (AvgIpc) is 2.59. The van der Waals surface area contributed by atoms with Gasteiger partial charge in [-0.15, -0.1) is 0 Å². The quantitative estimate of drug-likeness (QED) is 0.523. The standard InChI is InChI=1S/C9H12N2O5/c12-4-6-5(13)3-8(16-6)11-2-1-7(14)10-9(11)15/h1-2,5-6,8,12-13H,3-4H2,(H,10,14,15)/t5-,6+,8+/m0/s1/i3+1,4+1,5+1,6+1,8+1,10+1,11+1. The topological polar surface area (TPSA) is 105 Å². The highest BCUT2D eigenvalue weighted by molar-refractivity contribution is 4.88.